The number of likely N-dealkylation sites (tertiary alicyclic amines) is 3. The number of aromatic nitrogens is 4. The van der Waals surface area contributed by atoms with Crippen molar-refractivity contribution in [2.45, 2.75) is 69.8 Å². The van der Waals surface area contributed by atoms with Crippen LogP contribution in [0.4, 0.5) is 16.7 Å². The molecule has 4 N–H and O–H groups in total. The first-order valence-electron chi connectivity index (χ1n) is 26.5. The fourth-order valence-electron chi connectivity index (χ4n) is 10.1. The molecule has 2 aromatic heterocycles. The smallest absolute Gasteiger partial charge is 0.410 e. The third-order valence-electron chi connectivity index (χ3n) is 14.3. The highest BCUT2D eigenvalue weighted by molar-refractivity contribution is 6.42. The molecule has 6 aromatic rings. The van der Waals surface area contributed by atoms with Gasteiger partial charge in [0.1, 0.15) is 35.2 Å². The van der Waals surface area contributed by atoms with Crippen LogP contribution in [0.25, 0.3) is 44.1 Å². The normalized spacial score (nSPS) is 18.2. The fourth-order valence-corrected chi connectivity index (χ4v) is 11.5. The van der Waals surface area contributed by atoms with Gasteiger partial charge in [0, 0.05) is 78.2 Å². The highest BCUT2D eigenvalue weighted by atomic mass is 35.5. The number of anilines is 2. The number of hydrogen-bond donors (Lipinski definition) is 4. The summed E-state index contributed by atoms with van der Waals surface area (Å²) >= 11 is 27.5. The van der Waals surface area contributed by atoms with E-state index in [2.05, 4.69) is 49.3 Å². The topological polar surface area (TPSA) is 224 Å². The Bertz CT molecular complexity index is 3440. The minimum absolute atomic E-state index is 0.00128. The standard InChI is InChI=1S/C58H63Cl4N11O9/c1-9-46(74)65-40-27-73(47(75)29-71-17-10-11-18-71)28-41(40)70-56-64-25-35-21-33(13-15-37(35)68-56)49-52(61)44(80-8)23-45(53(49)62)81-30-31(2)54(76)66-38-16-19-72(57(77)82-58(3,4)5)26-39(38)69-55-63-24-34-20-32(12-14-36(34)67-55)48-50(59)42(78-6)22-43(79-7)51(48)60/h9,12-15,20-25,38-41H,1-2,10-11,16-19,26-30H2,3-8H3,(H,65,74)(H,66,76)(H,63,67,69)(H,64,68,70). The Hall–Kier alpha value is -7.36. The minimum atomic E-state index is -0.741. The second-order valence-electron chi connectivity index (χ2n) is 21.1. The van der Waals surface area contributed by atoms with Crippen LogP contribution in [0.15, 0.2) is 85.7 Å². The van der Waals surface area contributed by atoms with E-state index in [1.165, 1.54) is 33.5 Å². The van der Waals surface area contributed by atoms with Crippen LogP contribution in [0.5, 0.6) is 23.0 Å². The van der Waals surface area contributed by atoms with E-state index in [4.69, 9.17) is 80.1 Å². The number of halogens is 4. The molecule has 0 saturated carbocycles. The van der Waals surface area contributed by atoms with E-state index < -0.39 is 35.7 Å². The molecule has 4 unspecified atom stereocenters. The molecule has 0 aliphatic carbocycles. The van der Waals surface area contributed by atoms with Gasteiger partial charge in [-0.15, -0.1) is 0 Å². The predicted molar refractivity (Wildman–Crippen MR) is 318 cm³/mol. The third kappa shape index (κ3) is 13.4. The van der Waals surface area contributed by atoms with E-state index in [9.17, 15) is 19.2 Å². The quantitative estimate of drug-likeness (QED) is 0.0588. The van der Waals surface area contributed by atoms with Crippen molar-refractivity contribution in [3.05, 3.63) is 106 Å². The second-order valence-corrected chi connectivity index (χ2v) is 22.6. The van der Waals surface area contributed by atoms with Crippen LogP contribution in [0.2, 0.25) is 20.1 Å². The Kier molecular flexibility index (Phi) is 18.4. The van der Waals surface area contributed by atoms with Crippen LogP contribution in [0.3, 0.4) is 0 Å². The molecule has 4 aromatic carbocycles. The number of benzene rings is 4. The molecular formula is C58H63Cl4N11O9. The van der Waals surface area contributed by atoms with Crippen molar-refractivity contribution in [3.8, 4) is 45.3 Å². The Morgan fingerprint density at radius 1 is 0.671 bits per heavy atom. The van der Waals surface area contributed by atoms with Gasteiger partial charge in [-0.2, -0.15) is 0 Å². The largest absolute Gasteiger partial charge is 0.495 e. The number of carbonyl (C=O) groups is 4. The van der Waals surface area contributed by atoms with Crippen LogP contribution >= 0.6 is 46.4 Å². The number of hydrogen-bond acceptors (Lipinski definition) is 16. The molecule has 24 heteroatoms. The zero-order valence-corrected chi connectivity index (χ0v) is 49.2. The summed E-state index contributed by atoms with van der Waals surface area (Å²) in [4.78, 5) is 77.4. The number of ether oxygens (including phenoxy) is 5. The van der Waals surface area contributed by atoms with Crippen molar-refractivity contribution in [1.82, 2.24) is 45.3 Å². The maximum Gasteiger partial charge on any atom is 0.410 e. The van der Waals surface area contributed by atoms with Crippen molar-refractivity contribution >= 4 is 104 Å². The summed E-state index contributed by atoms with van der Waals surface area (Å²) in [6, 6.07) is 12.2. The van der Waals surface area contributed by atoms with E-state index in [0.717, 1.165) is 25.9 Å². The summed E-state index contributed by atoms with van der Waals surface area (Å²) in [5.74, 6) is 0.936. The molecule has 0 spiro atoms. The van der Waals surface area contributed by atoms with E-state index >= 15 is 0 Å². The zero-order valence-electron chi connectivity index (χ0n) is 46.2. The highest BCUT2D eigenvalue weighted by Crippen LogP contribution is 2.48. The molecular weight excluding hydrogens is 1140 g/mol. The maximum absolute atomic E-state index is 14.0. The molecule has 0 bridgehead atoms. The summed E-state index contributed by atoms with van der Waals surface area (Å²) in [6.45, 7) is 16.0. The predicted octanol–water partition coefficient (Wildman–Crippen LogP) is 9.48. The van der Waals surface area contributed by atoms with Crippen molar-refractivity contribution < 1.29 is 42.9 Å². The van der Waals surface area contributed by atoms with Crippen LogP contribution in [0.1, 0.15) is 40.0 Å². The Morgan fingerprint density at radius 2 is 1.17 bits per heavy atom. The van der Waals surface area contributed by atoms with Crippen molar-refractivity contribution in [3.63, 3.8) is 0 Å². The molecule has 4 atom stereocenters. The van der Waals surface area contributed by atoms with Gasteiger partial charge in [-0.1, -0.05) is 71.7 Å². The van der Waals surface area contributed by atoms with Crippen LogP contribution < -0.4 is 40.2 Å². The van der Waals surface area contributed by atoms with E-state index in [1.54, 1.807) is 67.2 Å². The summed E-state index contributed by atoms with van der Waals surface area (Å²) in [7, 11) is 4.48. The van der Waals surface area contributed by atoms with Gasteiger partial charge in [0.2, 0.25) is 29.6 Å². The van der Waals surface area contributed by atoms with Gasteiger partial charge in [-0.05, 0) is 94.6 Å². The van der Waals surface area contributed by atoms with Gasteiger partial charge in [-0.25, -0.2) is 24.7 Å². The molecule has 82 heavy (non-hydrogen) atoms. The molecule has 20 nitrogen and oxygen atoms in total. The Morgan fingerprint density at radius 3 is 1.70 bits per heavy atom. The van der Waals surface area contributed by atoms with Gasteiger partial charge in [0.25, 0.3) is 0 Å². The molecule has 3 saturated heterocycles. The zero-order chi connectivity index (χ0) is 58.6. The molecule has 4 amide bonds. The third-order valence-corrected chi connectivity index (χ3v) is 15.8. The highest BCUT2D eigenvalue weighted by Gasteiger charge is 2.38. The first-order valence-corrected chi connectivity index (χ1v) is 28.0. The molecule has 9 rings (SSSR count). The average Bonchev–Trinajstić information content (AvgIpc) is 3.62. The number of methoxy groups -OCH3 is 3. The Balaban J connectivity index is 0.886. The number of piperidine rings is 1. The molecule has 432 valence electrons. The van der Waals surface area contributed by atoms with Gasteiger partial charge in [0.05, 0.1) is 83.2 Å². The fraction of sp³-hybridized carbons (Fsp3) is 0.379. The molecule has 3 aliphatic heterocycles. The number of amides is 4. The van der Waals surface area contributed by atoms with Gasteiger partial charge >= 0.3 is 6.09 Å². The van der Waals surface area contributed by atoms with E-state index in [0.29, 0.717) is 97.6 Å². The van der Waals surface area contributed by atoms with Gasteiger partial charge < -0.3 is 54.8 Å². The first-order chi connectivity index (χ1) is 39.2. The minimum Gasteiger partial charge on any atom is -0.495 e. The summed E-state index contributed by atoms with van der Waals surface area (Å²) in [5.41, 5.74) is 2.72. The summed E-state index contributed by atoms with van der Waals surface area (Å²) < 4.78 is 28.6. The Labute approximate surface area is 494 Å². The van der Waals surface area contributed by atoms with Crippen LogP contribution in [-0.2, 0) is 19.1 Å². The molecule has 3 fully saturated rings. The molecule has 3 aliphatic rings. The lowest BCUT2D eigenvalue weighted by Crippen LogP contribution is -2.59. The first kappa shape index (κ1) is 59.3. The van der Waals surface area contributed by atoms with E-state index in [-0.39, 0.29) is 70.6 Å². The van der Waals surface area contributed by atoms with Crippen LogP contribution in [-0.4, -0.2) is 162 Å². The number of nitrogens with one attached hydrogen (secondary N) is 4. The number of rotatable bonds is 18. The summed E-state index contributed by atoms with van der Waals surface area (Å²) in [5, 5.41) is 15.1. The lowest BCUT2D eigenvalue weighted by molar-refractivity contribution is -0.131. The van der Waals surface area contributed by atoms with Gasteiger partial charge in [0.15, 0.2) is 0 Å². The summed E-state index contributed by atoms with van der Waals surface area (Å²) in [6.07, 6.45) is 6.49. The SMILES string of the molecule is C=CC(=O)NC1CN(C(=O)CN2CCCC2)CC1Nc1ncc2cc(-c3c(Cl)c(OC)cc(OCC(=C)C(=O)NC4CCN(C(=O)OC(C)(C)C)CC4Nc4ncc5cc(-c6c(Cl)c(OC)cc(OC)c6Cl)ccc5n4)c3Cl)ccc2n1. The van der Waals surface area contributed by atoms with Crippen LogP contribution in [0, 0.1) is 0 Å². The maximum atomic E-state index is 14.0. The number of nitrogens with zero attached hydrogens (tertiary/aromatic N) is 7. The average molecular weight is 1200 g/mol. The van der Waals surface area contributed by atoms with Crippen molar-refractivity contribution in [1.29, 1.82) is 0 Å². The second kappa shape index (κ2) is 25.4. The van der Waals surface area contributed by atoms with E-state index in [1.807, 2.05) is 18.2 Å². The molecule has 0 radical (unpaired) electrons. The van der Waals surface area contributed by atoms with Gasteiger partial charge in [-0.3, -0.25) is 19.3 Å². The monoisotopic (exact) mass is 1200 g/mol. The van der Waals surface area contributed by atoms with Crippen molar-refractivity contribution in [2.24, 2.45) is 0 Å². The number of carbonyl (C=O) groups excluding carboxylic acids is 4. The lowest BCUT2D eigenvalue weighted by Gasteiger charge is -2.39. The molecule has 5 heterocycles. The lowest BCUT2D eigenvalue weighted by atomic mass is 9.99. The van der Waals surface area contributed by atoms with Crippen molar-refractivity contribution in [2.75, 3.05) is 84.4 Å². The number of fused-ring (bicyclic) bond motifs is 2.